The summed E-state index contributed by atoms with van der Waals surface area (Å²) in [5.74, 6) is 2.53. The Morgan fingerprint density at radius 3 is 1.99 bits per heavy atom. The number of aryl methyl sites for hydroxylation is 2. The highest BCUT2D eigenvalue weighted by Gasteiger charge is 2.32. The second-order valence-corrected chi connectivity index (χ2v) is 18.1. The number of nitrogens with zero attached hydrogens (tertiary/aromatic N) is 4. The van der Waals surface area contributed by atoms with Crippen molar-refractivity contribution in [2.24, 2.45) is 0 Å². The van der Waals surface area contributed by atoms with Gasteiger partial charge in [-0.2, -0.15) is 0 Å². The van der Waals surface area contributed by atoms with Crippen LogP contribution in [0.1, 0.15) is 33.7 Å². The number of fused-ring (bicyclic) bond motifs is 7. The van der Waals surface area contributed by atoms with Crippen LogP contribution in [0, 0.1) is 13.8 Å². The van der Waals surface area contributed by atoms with Gasteiger partial charge in [0.05, 0.1) is 22.4 Å². The molecular formula is C63H46N4O. The lowest BCUT2D eigenvalue weighted by atomic mass is 9.84. The van der Waals surface area contributed by atoms with Crippen LogP contribution in [-0.2, 0) is 0 Å². The minimum absolute atomic E-state index is 0.158. The molecule has 3 heterocycles. The number of anilines is 4. The molecule has 1 unspecified atom stereocenters. The van der Waals surface area contributed by atoms with Gasteiger partial charge in [-0.15, -0.1) is 0 Å². The molecule has 0 radical (unpaired) electrons. The SMILES string of the molecule is Cc1cc(C)cc(N2CN(c3cccc(Oc4ccc5c6ccccc6n(-c6cc(-c7cccc(-c8cccc9c8C(c8ccccc8)c8ccccc8-9)c7)ccn6)c5c4)c3)c3ccccc32)c1. The first kappa shape index (κ1) is 39.7. The van der Waals surface area contributed by atoms with Crippen LogP contribution in [0.15, 0.2) is 225 Å². The van der Waals surface area contributed by atoms with E-state index < -0.39 is 0 Å². The van der Waals surface area contributed by atoms with E-state index in [1.807, 2.05) is 12.3 Å². The predicted octanol–water partition coefficient (Wildman–Crippen LogP) is 16.3. The van der Waals surface area contributed by atoms with Crippen molar-refractivity contribution in [3.05, 3.63) is 252 Å². The number of hydrogen-bond acceptors (Lipinski definition) is 4. The van der Waals surface area contributed by atoms with Crippen LogP contribution in [-0.4, -0.2) is 16.2 Å². The third kappa shape index (κ3) is 6.66. The van der Waals surface area contributed by atoms with Gasteiger partial charge in [-0.05, 0) is 148 Å². The summed E-state index contributed by atoms with van der Waals surface area (Å²) in [6.07, 6.45) is 1.93. The number of aromatic nitrogens is 2. The molecule has 0 saturated carbocycles. The number of benzene rings is 9. The molecule has 1 atom stereocenters. The minimum atomic E-state index is 0.158. The number of pyridine rings is 1. The summed E-state index contributed by atoms with van der Waals surface area (Å²) in [5.41, 5.74) is 20.6. The highest BCUT2D eigenvalue weighted by molar-refractivity contribution is 6.09. The third-order valence-electron chi connectivity index (χ3n) is 13.8. The van der Waals surface area contributed by atoms with E-state index in [0.717, 1.165) is 50.6 Å². The van der Waals surface area contributed by atoms with Gasteiger partial charge in [0, 0.05) is 46.4 Å². The van der Waals surface area contributed by atoms with Gasteiger partial charge in [-0.25, -0.2) is 4.98 Å². The van der Waals surface area contributed by atoms with E-state index in [9.17, 15) is 0 Å². The summed E-state index contributed by atoms with van der Waals surface area (Å²) in [6.45, 7) is 5.03. The molecule has 5 nitrogen and oxygen atoms in total. The fraction of sp³-hybridized carbons (Fsp3) is 0.0635. The molecule has 0 spiro atoms. The predicted molar refractivity (Wildman–Crippen MR) is 280 cm³/mol. The molecule has 9 aromatic carbocycles. The Morgan fingerprint density at radius 1 is 0.456 bits per heavy atom. The van der Waals surface area contributed by atoms with Gasteiger partial charge in [-0.1, -0.05) is 133 Å². The molecular weight excluding hydrogens is 829 g/mol. The van der Waals surface area contributed by atoms with E-state index >= 15 is 0 Å². The zero-order valence-corrected chi connectivity index (χ0v) is 37.8. The first-order valence-corrected chi connectivity index (χ1v) is 23.4. The molecule has 11 aromatic rings. The number of ether oxygens (including phenoxy) is 1. The van der Waals surface area contributed by atoms with Crippen LogP contribution >= 0.6 is 0 Å². The fourth-order valence-electron chi connectivity index (χ4n) is 11.0. The summed E-state index contributed by atoms with van der Waals surface area (Å²) in [7, 11) is 0. The Bertz CT molecular complexity index is 3740. The minimum Gasteiger partial charge on any atom is -0.457 e. The summed E-state index contributed by atoms with van der Waals surface area (Å²) < 4.78 is 9.04. The maximum absolute atomic E-state index is 6.77. The van der Waals surface area contributed by atoms with Gasteiger partial charge in [0.1, 0.15) is 24.0 Å². The van der Waals surface area contributed by atoms with Crippen LogP contribution in [0.4, 0.5) is 22.7 Å². The smallest absolute Gasteiger partial charge is 0.138 e. The quantitative estimate of drug-likeness (QED) is 0.152. The maximum Gasteiger partial charge on any atom is 0.138 e. The van der Waals surface area contributed by atoms with Crippen molar-refractivity contribution in [2.75, 3.05) is 16.5 Å². The topological polar surface area (TPSA) is 33.5 Å². The summed E-state index contributed by atoms with van der Waals surface area (Å²) in [5, 5.41) is 2.31. The normalized spacial score (nSPS) is 13.8. The van der Waals surface area contributed by atoms with E-state index in [0.29, 0.717) is 6.67 Å². The zero-order chi connectivity index (χ0) is 45.3. The van der Waals surface area contributed by atoms with Crippen LogP contribution in [0.3, 0.4) is 0 Å². The van der Waals surface area contributed by atoms with E-state index in [1.165, 1.54) is 72.5 Å². The van der Waals surface area contributed by atoms with Crippen LogP contribution in [0.25, 0.3) is 61.0 Å². The molecule has 0 saturated heterocycles. The van der Waals surface area contributed by atoms with Crippen molar-refractivity contribution in [1.29, 1.82) is 0 Å². The molecule has 0 amide bonds. The molecule has 0 fully saturated rings. The first-order chi connectivity index (χ1) is 33.5. The van der Waals surface area contributed by atoms with Gasteiger partial charge in [0.25, 0.3) is 0 Å². The zero-order valence-electron chi connectivity index (χ0n) is 37.8. The monoisotopic (exact) mass is 874 g/mol. The Hall–Kier alpha value is -8.67. The fourth-order valence-corrected chi connectivity index (χ4v) is 11.0. The Balaban J connectivity index is 0.847. The lowest BCUT2D eigenvalue weighted by molar-refractivity contribution is 0.483. The maximum atomic E-state index is 6.77. The average molecular weight is 875 g/mol. The van der Waals surface area contributed by atoms with E-state index in [4.69, 9.17) is 9.72 Å². The molecule has 1 aliphatic heterocycles. The summed E-state index contributed by atoms with van der Waals surface area (Å²) in [6, 6.07) is 78.8. The van der Waals surface area contributed by atoms with Gasteiger partial charge in [0.2, 0.25) is 0 Å². The molecule has 5 heteroatoms. The second kappa shape index (κ2) is 16.0. The lowest BCUT2D eigenvalue weighted by Gasteiger charge is -2.23. The number of rotatable bonds is 8. The number of para-hydroxylation sites is 3. The Labute approximate surface area is 396 Å². The average Bonchev–Trinajstić information content (AvgIpc) is 4.05. The van der Waals surface area contributed by atoms with Gasteiger partial charge in [-0.3, -0.25) is 4.57 Å². The largest absolute Gasteiger partial charge is 0.457 e. The highest BCUT2D eigenvalue weighted by Crippen LogP contribution is 2.52. The van der Waals surface area contributed by atoms with E-state index in [1.54, 1.807) is 0 Å². The van der Waals surface area contributed by atoms with Crippen molar-refractivity contribution in [3.63, 3.8) is 0 Å². The Kier molecular flexibility index (Phi) is 9.36. The first-order valence-electron chi connectivity index (χ1n) is 23.4. The third-order valence-corrected chi connectivity index (χ3v) is 13.8. The molecule has 324 valence electrons. The molecule has 0 N–H and O–H groups in total. The molecule has 2 aliphatic rings. The number of hydrogen-bond donors (Lipinski definition) is 0. The van der Waals surface area contributed by atoms with Crippen molar-refractivity contribution in [2.45, 2.75) is 19.8 Å². The van der Waals surface area contributed by atoms with Gasteiger partial charge >= 0.3 is 0 Å². The van der Waals surface area contributed by atoms with Crippen molar-refractivity contribution < 1.29 is 4.74 Å². The molecule has 1 aliphatic carbocycles. The molecule has 2 aromatic heterocycles. The van der Waals surface area contributed by atoms with Crippen molar-refractivity contribution >= 4 is 44.6 Å². The molecule has 68 heavy (non-hydrogen) atoms. The van der Waals surface area contributed by atoms with Gasteiger partial charge < -0.3 is 14.5 Å². The molecule has 13 rings (SSSR count). The van der Waals surface area contributed by atoms with E-state index in [2.05, 4.69) is 241 Å². The van der Waals surface area contributed by atoms with E-state index in [-0.39, 0.29) is 5.92 Å². The van der Waals surface area contributed by atoms with Crippen LogP contribution in [0.2, 0.25) is 0 Å². The van der Waals surface area contributed by atoms with Crippen molar-refractivity contribution in [1.82, 2.24) is 9.55 Å². The van der Waals surface area contributed by atoms with Crippen molar-refractivity contribution in [3.8, 4) is 50.7 Å². The van der Waals surface area contributed by atoms with Gasteiger partial charge in [0.15, 0.2) is 0 Å². The lowest BCUT2D eigenvalue weighted by Crippen LogP contribution is -2.24. The summed E-state index contributed by atoms with van der Waals surface area (Å²) in [4.78, 5) is 9.80. The molecule has 0 bridgehead atoms. The standard InChI is InChI=1S/C63H46N4O/c1-41-33-42(2)35-48(34-41)66-40-65(58-27-10-11-28-59(58)66)47-19-13-20-49(38-47)68-50-29-30-54-53-22-8-9-26-57(53)67(60(54)39-50)61-37-45(31-32-64-61)44-17-12-18-46(36-44)51-24-14-25-56-52-21-6-7-23-55(52)62(63(51)56)43-15-4-3-5-16-43/h3-39,62H,40H2,1-2H3. The van der Waals surface area contributed by atoms with Crippen LogP contribution in [0.5, 0.6) is 11.5 Å². The summed E-state index contributed by atoms with van der Waals surface area (Å²) >= 11 is 0. The van der Waals surface area contributed by atoms with Crippen LogP contribution < -0.4 is 14.5 Å². The second-order valence-electron chi connectivity index (χ2n) is 18.1. The Morgan fingerprint density at radius 2 is 1.12 bits per heavy atom. The highest BCUT2D eigenvalue weighted by atomic mass is 16.5.